The summed E-state index contributed by atoms with van der Waals surface area (Å²) in [5, 5.41) is 8.43. The van der Waals surface area contributed by atoms with E-state index in [-0.39, 0.29) is 111 Å². The topological polar surface area (TPSA) is 221 Å². The molecule has 0 aliphatic rings. The second-order valence-corrected chi connectivity index (χ2v) is 18.6. The molecule has 0 saturated carbocycles. The molecular weight excluding hydrogens is 1340 g/mol. The van der Waals surface area contributed by atoms with Gasteiger partial charge in [-0.15, -0.1) is 0 Å². The Morgan fingerprint density at radius 3 is 1.23 bits per heavy atom. The average molecular weight is 1390 g/mol. The summed E-state index contributed by atoms with van der Waals surface area (Å²) >= 11 is 9.04. The van der Waals surface area contributed by atoms with Crippen LogP contribution in [-0.4, -0.2) is 49.2 Å². The Kier molecular flexibility index (Phi) is 27.7. The molecule has 81 heavy (non-hydrogen) atoms. The maximum Gasteiger partial charge on any atom is 1.00 e. The first-order valence-corrected chi connectivity index (χ1v) is 27.8. The van der Waals surface area contributed by atoms with E-state index in [0.717, 1.165) is 37.9 Å². The number of aromatic amines is 1. The number of ether oxygens (including phenoxy) is 4. The standard InChI is InChI=1S/C28H25BrN4O4.C27H23BrN4O4.CH3I.CH2O3.2K.H/c1-31-25-24(26(34)32(2)28(31)35)33(27(29)30-25)16-21-13-14-22(36-17-19-9-5-3-6-10-19)23(15-21)37-18-20-11-7-4-8-12-20;1-31-24-23(25(33)30-27(31)34)32(26(28)29-24)15-20-12-13-21(35-16-18-8-4-2-5-9-18)22(14-20)36-17-19-10-6-3-7-11-19;1-2;2-1-4-3;;;/h3-15H,16-18H2,1-2H3;2-14H,15-17H2,1H3,(H,30,33,34);1H3;1,3H;;;/q;;;;2*+1;-1/p-1. The summed E-state index contributed by atoms with van der Waals surface area (Å²) in [7, 11) is 4.63. The number of carbonyl (C=O) groups is 1. The van der Waals surface area contributed by atoms with Gasteiger partial charge in [0.05, 0.1) is 13.1 Å². The zero-order valence-corrected chi connectivity index (χ0v) is 56.7. The number of H-pyrrole nitrogens is 1. The van der Waals surface area contributed by atoms with Crippen LogP contribution < -0.4 is 149 Å². The summed E-state index contributed by atoms with van der Waals surface area (Å²) in [4.78, 5) is 74.2. The molecule has 19 nitrogen and oxygen atoms in total. The van der Waals surface area contributed by atoms with E-state index in [0.29, 0.717) is 94.3 Å². The molecule has 0 spiro atoms. The summed E-state index contributed by atoms with van der Waals surface area (Å²) in [6.45, 7) is 2.06. The van der Waals surface area contributed by atoms with Gasteiger partial charge < -0.3 is 39.7 Å². The first-order chi connectivity index (χ1) is 38.3. The Balaban J connectivity index is 0.000000311. The van der Waals surface area contributed by atoms with E-state index in [1.807, 2.05) is 163 Å². The van der Waals surface area contributed by atoms with Crippen LogP contribution in [0.2, 0.25) is 0 Å². The van der Waals surface area contributed by atoms with Crippen LogP contribution in [0.25, 0.3) is 22.3 Å². The molecule has 24 heteroatoms. The molecule has 4 heterocycles. The molecule has 0 aliphatic heterocycles. The third-order valence-electron chi connectivity index (χ3n) is 11.9. The molecule has 0 fully saturated rings. The van der Waals surface area contributed by atoms with E-state index in [2.05, 4.69) is 74.3 Å². The van der Waals surface area contributed by atoms with E-state index in [9.17, 15) is 19.2 Å². The van der Waals surface area contributed by atoms with E-state index in [1.165, 1.54) is 16.2 Å². The van der Waals surface area contributed by atoms with Crippen molar-refractivity contribution in [2.24, 2.45) is 21.1 Å². The number of imidazole rings is 2. The van der Waals surface area contributed by atoms with Crippen LogP contribution in [0.5, 0.6) is 23.0 Å². The average Bonchev–Trinajstić information content (AvgIpc) is 4.02. The minimum Gasteiger partial charge on any atom is -1.00 e. The van der Waals surface area contributed by atoms with Crippen LogP contribution >= 0.6 is 54.5 Å². The molecular formula is C57H53Br2IK2N8O11. The normalized spacial score (nSPS) is 10.3. The van der Waals surface area contributed by atoms with E-state index in [4.69, 9.17) is 29.0 Å². The van der Waals surface area contributed by atoms with Gasteiger partial charge in [0, 0.05) is 21.1 Å². The quantitative estimate of drug-likeness (QED) is 0.0264. The SMILES string of the molecule is CI.Cn1c(=O)[nH]c(=O)c2c1nc(Br)n2Cc1ccc(OCc2ccccc2)c(OCc2ccccc2)c1.Cn1c(=O)c2c(nc(Br)n2Cc2ccc(OCc3ccccc3)c(OCc3ccccc3)c2)n(C)c1=O.O=CO[O-].[H-].[K+].[K+]. The van der Waals surface area contributed by atoms with Gasteiger partial charge in [-0.25, -0.2) is 19.6 Å². The fourth-order valence-corrected chi connectivity index (χ4v) is 8.93. The van der Waals surface area contributed by atoms with Gasteiger partial charge in [-0.2, -0.15) is 0 Å². The molecule has 0 unspecified atom stereocenters. The number of nitrogens with zero attached hydrogens (tertiary/aromatic N) is 7. The molecule has 4 aromatic heterocycles. The molecule has 0 atom stereocenters. The number of halogens is 3. The Bertz CT molecular complexity index is 3910. The van der Waals surface area contributed by atoms with Crippen LogP contribution in [0.4, 0.5) is 0 Å². The molecule has 10 aromatic rings. The fourth-order valence-electron chi connectivity index (χ4n) is 7.99. The second-order valence-electron chi connectivity index (χ2n) is 17.2. The number of hydrogen-bond acceptors (Lipinski definition) is 13. The van der Waals surface area contributed by atoms with Gasteiger partial charge >= 0.3 is 114 Å². The van der Waals surface area contributed by atoms with Crippen molar-refractivity contribution in [3.8, 4) is 23.0 Å². The molecule has 6 aromatic carbocycles. The third kappa shape index (κ3) is 17.9. The molecule has 0 saturated heterocycles. The predicted octanol–water partition coefficient (Wildman–Crippen LogP) is 2.40. The van der Waals surface area contributed by atoms with Crippen molar-refractivity contribution in [3.05, 3.63) is 242 Å². The number of carbonyl (C=O) groups excluding carboxylic acids is 1. The third-order valence-corrected chi connectivity index (χ3v) is 13.2. The maximum absolute atomic E-state index is 12.9. The van der Waals surface area contributed by atoms with Crippen molar-refractivity contribution in [1.82, 2.24) is 37.8 Å². The summed E-state index contributed by atoms with van der Waals surface area (Å²) in [6, 6.07) is 51.1. The number of aryl methyl sites for hydroxylation is 2. The van der Waals surface area contributed by atoms with Crippen LogP contribution in [0.1, 0.15) is 34.8 Å². The molecule has 0 bridgehead atoms. The Labute approximate surface area is 581 Å². The number of alkyl halides is 1. The first-order valence-electron chi connectivity index (χ1n) is 24.0. The van der Waals surface area contributed by atoms with Crippen LogP contribution in [-0.2, 0) is 70.3 Å². The van der Waals surface area contributed by atoms with Gasteiger partial charge in [0.15, 0.2) is 54.8 Å². The summed E-state index contributed by atoms with van der Waals surface area (Å²) in [6.07, 6.45) is 0. The minimum atomic E-state index is -0.513. The molecule has 10 rings (SSSR count). The molecule has 0 radical (unpaired) electrons. The van der Waals surface area contributed by atoms with Gasteiger partial charge in [0.25, 0.3) is 17.6 Å². The first kappa shape index (κ1) is 67.0. The molecule has 0 amide bonds. The summed E-state index contributed by atoms with van der Waals surface area (Å²) in [5.41, 5.74) is 5.37. The summed E-state index contributed by atoms with van der Waals surface area (Å²) < 4.78 is 32.7. The Morgan fingerprint density at radius 2 is 0.864 bits per heavy atom. The number of fused-ring (bicyclic) bond motifs is 2. The smallest absolute Gasteiger partial charge is 1.00 e. The van der Waals surface area contributed by atoms with E-state index < -0.39 is 22.5 Å². The van der Waals surface area contributed by atoms with Gasteiger partial charge in [0.1, 0.15) is 26.4 Å². The van der Waals surface area contributed by atoms with Crippen molar-refractivity contribution in [2.75, 3.05) is 4.93 Å². The molecule has 0 aliphatic carbocycles. The van der Waals surface area contributed by atoms with Gasteiger partial charge in [-0.1, -0.05) is 156 Å². The van der Waals surface area contributed by atoms with Gasteiger partial charge in [-0.05, 0) is 94.4 Å². The van der Waals surface area contributed by atoms with Crippen LogP contribution in [0.15, 0.2) is 186 Å². The second kappa shape index (κ2) is 33.5. The van der Waals surface area contributed by atoms with E-state index >= 15 is 0 Å². The van der Waals surface area contributed by atoms with Crippen molar-refractivity contribution in [2.45, 2.75) is 39.5 Å². The molecule has 410 valence electrons. The van der Waals surface area contributed by atoms with Crippen LogP contribution in [0, 0.1) is 0 Å². The molecule has 1 N–H and O–H groups in total. The number of nitrogens with one attached hydrogen (secondary N) is 1. The zero-order chi connectivity index (χ0) is 56.4. The Hall–Kier alpha value is -4.79. The number of rotatable bonds is 17. The van der Waals surface area contributed by atoms with Crippen molar-refractivity contribution in [3.63, 3.8) is 0 Å². The maximum atomic E-state index is 12.9. The van der Waals surface area contributed by atoms with Crippen molar-refractivity contribution >= 4 is 83.3 Å². The summed E-state index contributed by atoms with van der Waals surface area (Å²) in [5.74, 6) is 2.43. The Morgan fingerprint density at radius 1 is 0.519 bits per heavy atom. The van der Waals surface area contributed by atoms with Gasteiger partial charge in [0.2, 0.25) is 0 Å². The fraction of sp³-hybridized carbons (Fsp3) is 0.175. The van der Waals surface area contributed by atoms with Crippen LogP contribution in [0.3, 0.4) is 0 Å². The monoisotopic (exact) mass is 1390 g/mol. The minimum absolute atomic E-state index is 0. The number of benzene rings is 6. The van der Waals surface area contributed by atoms with Crippen molar-refractivity contribution in [1.29, 1.82) is 0 Å². The predicted molar refractivity (Wildman–Crippen MR) is 314 cm³/mol. The zero-order valence-electron chi connectivity index (χ0n) is 46.1. The number of aromatic nitrogens is 8. The number of hydrogen-bond donors (Lipinski definition) is 1. The van der Waals surface area contributed by atoms with E-state index in [1.54, 1.807) is 23.2 Å². The largest absolute Gasteiger partial charge is 1.00 e. The van der Waals surface area contributed by atoms with Gasteiger partial charge in [-0.3, -0.25) is 33.1 Å². The van der Waals surface area contributed by atoms with Crippen molar-refractivity contribution < 1.29 is 138 Å².